The maximum atomic E-state index is 13.1. The summed E-state index contributed by atoms with van der Waals surface area (Å²) in [4.78, 5) is 28.8. The van der Waals surface area contributed by atoms with Gasteiger partial charge in [0.15, 0.2) is 11.7 Å². The summed E-state index contributed by atoms with van der Waals surface area (Å²) < 4.78 is 10.9. The second kappa shape index (κ2) is 10.4. The Bertz CT molecular complexity index is 1040. The van der Waals surface area contributed by atoms with Crippen LogP contribution in [0, 0.1) is 0 Å². The van der Waals surface area contributed by atoms with Gasteiger partial charge in [-0.25, -0.2) is 14.8 Å². The van der Waals surface area contributed by atoms with E-state index in [4.69, 9.17) is 37.7 Å². The molecule has 4 rings (SSSR count). The van der Waals surface area contributed by atoms with Crippen LogP contribution in [0.1, 0.15) is 24.4 Å². The van der Waals surface area contributed by atoms with Crippen molar-refractivity contribution >= 4 is 35.0 Å². The number of hydrogen-bond acceptors (Lipinski definition) is 8. The maximum Gasteiger partial charge on any atom is 0.338 e. The second-order valence-electron chi connectivity index (χ2n) is 7.24. The zero-order chi connectivity index (χ0) is 22.5. The molecule has 1 aromatic carbocycles. The van der Waals surface area contributed by atoms with Gasteiger partial charge in [-0.05, 0) is 25.1 Å². The van der Waals surface area contributed by atoms with Gasteiger partial charge >= 0.3 is 5.97 Å². The van der Waals surface area contributed by atoms with Gasteiger partial charge in [0.1, 0.15) is 6.04 Å². The first-order chi connectivity index (χ1) is 15.6. The molecule has 1 fully saturated rings. The highest BCUT2D eigenvalue weighted by atomic mass is 35.5. The van der Waals surface area contributed by atoms with Crippen LogP contribution in [-0.4, -0.2) is 66.1 Å². The molecule has 1 saturated heterocycles. The molecule has 0 saturated carbocycles. The predicted octanol–water partition coefficient (Wildman–Crippen LogP) is 3.02. The number of aromatic nitrogens is 2. The fourth-order valence-corrected chi connectivity index (χ4v) is 4.15. The van der Waals surface area contributed by atoms with Crippen LogP contribution in [0.3, 0.4) is 0 Å². The van der Waals surface area contributed by atoms with Gasteiger partial charge in [0.2, 0.25) is 0 Å². The zero-order valence-electron chi connectivity index (χ0n) is 17.6. The Labute approximate surface area is 196 Å². The Morgan fingerprint density at radius 3 is 2.69 bits per heavy atom. The standard InChI is InChI=1S/C22H23Cl2N5O3/c1-2-32-22(30)18-17(13-29-8-10-31-11-9-29)27-21(20-25-6-3-7-26-20)28-19(18)15-5-4-14(23)12-16(15)24/h3-7,12,19H,2,8-11,13H2,1H3,(H,27,28). The molecule has 0 bridgehead atoms. The first kappa shape index (κ1) is 22.7. The number of hydrogen-bond donors (Lipinski definition) is 1. The number of halogens is 2. The van der Waals surface area contributed by atoms with Crippen molar-refractivity contribution < 1.29 is 14.3 Å². The molecular formula is C22H23Cl2N5O3. The first-order valence-electron chi connectivity index (χ1n) is 10.3. The molecule has 0 radical (unpaired) electrons. The topological polar surface area (TPSA) is 88.9 Å². The van der Waals surface area contributed by atoms with Gasteiger partial charge in [0.25, 0.3) is 0 Å². The van der Waals surface area contributed by atoms with E-state index < -0.39 is 12.0 Å². The lowest BCUT2D eigenvalue weighted by Crippen LogP contribution is -2.43. The van der Waals surface area contributed by atoms with Crippen LogP contribution in [0.15, 0.2) is 52.9 Å². The first-order valence-corrected chi connectivity index (χ1v) is 11.1. The molecule has 168 valence electrons. The summed E-state index contributed by atoms with van der Waals surface area (Å²) in [5.74, 6) is 0.430. The summed E-state index contributed by atoms with van der Waals surface area (Å²) >= 11 is 12.6. The number of nitrogens with one attached hydrogen (secondary N) is 1. The minimum absolute atomic E-state index is 0.243. The van der Waals surface area contributed by atoms with Gasteiger partial charge in [-0.15, -0.1) is 0 Å². The Balaban J connectivity index is 1.82. The Morgan fingerprint density at radius 1 is 1.25 bits per heavy atom. The SMILES string of the molecule is CCOC(=O)C1=C(CN2CCOCC2)NC(c2ncccn2)=NC1c1ccc(Cl)cc1Cl. The highest BCUT2D eigenvalue weighted by molar-refractivity contribution is 6.35. The number of carbonyl (C=O) groups excluding carboxylic acids is 1. The molecule has 2 aliphatic heterocycles. The average Bonchev–Trinajstić information content (AvgIpc) is 2.80. The van der Waals surface area contributed by atoms with E-state index in [1.54, 1.807) is 43.6 Å². The predicted molar refractivity (Wildman–Crippen MR) is 122 cm³/mol. The van der Waals surface area contributed by atoms with Crippen LogP contribution in [0.25, 0.3) is 0 Å². The quantitative estimate of drug-likeness (QED) is 0.642. The Hall–Kier alpha value is -2.52. The normalized spacial score (nSPS) is 19.3. The second-order valence-corrected chi connectivity index (χ2v) is 8.09. The Kier molecular flexibility index (Phi) is 7.36. The summed E-state index contributed by atoms with van der Waals surface area (Å²) in [6, 6.07) is 6.17. The van der Waals surface area contributed by atoms with Crippen molar-refractivity contribution in [2.75, 3.05) is 39.5 Å². The lowest BCUT2D eigenvalue weighted by atomic mass is 9.95. The number of morpholine rings is 1. The van der Waals surface area contributed by atoms with Crippen LogP contribution >= 0.6 is 23.2 Å². The number of esters is 1. The van der Waals surface area contributed by atoms with Crippen molar-refractivity contribution in [2.45, 2.75) is 13.0 Å². The monoisotopic (exact) mass is 475 g/mol. The van der Waals surface area contributed by atoms with Crippen molar-refractivity contribution in [3.8, 4) is 0 Å². The maximum absolute atomic E-state index is 13.1. The van der Waals surface area contributed by atoms with Crippen molar-refractivity contribution in [3.63, 3.8) is 0 Å². The smallest absolute Gasteiger partial charge is 0.338 e. The van der Waals surface area contributed by atoms with Gasteiger partial charge in [-0.2, -0.15) is 0 Å². The third-order valence-corrected chi connectivity index (χ3v) is 5.70. The summed E-state index contributed by atoms with van der Waals surface area (Å²) in [6.45, 7) is 5.28. The van der Waals surface area contributed by atoms with Crippen LogP contribution < -0.4 is 5.32 Å². The van der Waals surface area contributed by atoms with E-state index in [2.05, 4.69) is 20.2 Å². The van der Waals surface area contributed by atoms with E-state index in [9.17, 15) is 4.79 Å². The van der Waals surface area contributed by atoms with Crippen molar-refractivity contribution in [1.82, 2.24) is 20.2 Å². The molecule has 0 aliphatic carbocycles. The van der Waals surface area contributed by atoms with E-state index in [1.807, 2.05) is 0 Å². The summed E-state index contributed by atoms with van der Waals surface area (Å²) in [7, 11) is 0. The third kappa shape index (κ3) is 5.10. The molecular weight excluding hydrogens is 453 g/mol. The van der Waals surface area contributed by atoms with Gasteiger partial charge in [0, 0.05) is 53.3 Å². The number of rotatable bonds is 6. The molecule has 2 aliphatic rings. The minimum atomic E-state index is -0.699. The van der Waals surface area contributed by atoms with Crippen LogP contribution in [0.5, 0.6) is 0 Å². The fraction of sp³-hybridized carbons (Fsp3) is 0.364. The van der Waals surface area contributed by atoms with Crippen LogP contribution in [0.4, 0.5) is 0 Å². The van der Waals surface area contributed by atoms with Gasteiger partial charge in [-0.1, -0.05) is 29.3 Å². The fourth-order valence-electron chi connectivity index (χ4n) is 3.64. The summed E-state index contributed by atoms with van der Waals surface area (Å²) in [5.41, 5.74) is 1.73. The number of aliphatic imine (C=N–C) groups is 1. The number of nitrogens with zero attached hydrogens (tertiary/aromatic N) is 4. The van der Waals surface area contributed by atoms with Crippen molar-refractivity contribution in [3.05, 3.63) is 69.4 Å². The number of carbonyl (C=O) groups is 1. The average molecular weight is 476 g/mol. The van der Waals surface area contributed by atoms with E-state index in [0.29, 0.717) is 58.3 Å². The number of benzene rings is 1. The summed E-state index contributed by atoms with van der Waals surface area (Å²) in [5, 5.41) is 4.20. The third-order valence-electron chi connectivity index (χ3n) is 5.14. The van der Waals surface area contributed by atoms with Gasteiger partial charge < -0.3 is 14.8 Å². The molecule has 0 spiro atoms. The van der Waals surface area contributed by atoms with Crippen molar-refractivity contribution in [1.29, 1.82) is 0 Å². The van der Waals surface area contributed by atoms with Gasteiger partial charge in [0.05, 0.1) is 25.4 Å². The molecule has 10 heteroatoms. The largest absolute Gasteiger partial charge is 0.463 e. The summed E-state index contributed by atoms with van der Waals surface area (Å²) in [6.07, 6.45) is 3.28. The van der Waals surface area contributed by atoms with Crippen LogP contribution in [-0.2, 0) is 14.3 Å². The van der Waals surface area contributed by atoms with E-state index in [-0.39, 0.29) is 6.61 Å². The molecule has 2 aromatic rings. The minimum Gasteiger partial charge on any atom is -0.463 e. The molecule has 8 nitrogen and oxygen atoms in total. The number of amidine groups is 1. The molecule has 1 unspecified atom stereocenters. The number of ether oxygens (including phenoxy) is 2. The lowest BCUT2D eigenvalue weighted by Gasteiger charge is -2.32. The molecule has 32 heavy (non-hydrogen) atoms. The van der Waals surface area contributed by atoms with E-state index >= 15 is 0 Å². The lowest BCUT2D eigenvalue weighted by molar-refractivity contribution is -0.139. The molecule has 1 N–H and O–H groups in total. The Morgan fingerprint density at radius 2 is 2.00 bits per heavy atom. The zero-order valence-corrected chi connectivity index (χ0v) is 19.1. The van der Waals surface area contributed by atoms with Crippen molar-refractivity contribution in [2.24, 2.45) is 4.99 Å². The van der Waals surface area contributed by atoms with Gasteiger partial charge in [-0.3, -0.25) is 9.89 Å². The highest BCUT2D eigenvalue weighted by Crippen LogP contribution is 2.37. The van der Waals surface area contributed by atoms with E-state index in [1.165, 1.54) is 0 Å². The van der Waals surface area contributed by atoms with Crippen LogP contribution in [0.2, 0.25) is 10.0 Å². The molecule has 0 amide bonds. The highest BCUT2D eigenvalue weighted by Gasteiger charge is 2.34. The molecule has 3 heterocycles. The molecule has 1 atom stereocenters. The van der Waals surface area contributed by atoms with E-state index in [0.717, 1.165) is 13.1 Å². The molecule has 1 aromatic heterocycles.